The van der Waals surface area contributed by atoms with Gasteiger partial charge in [-0.2, -0.15) is 5.10 Å². The van der Waals surface area contributed by atoms with Crippen molar-refractivity contribution in [3.8, 4) is 0 Å². The number of aromatic amines is 1. The van der Waals surface area contributed by atoms with Gasteiger partial charge in [-0.1, -0.05) is 29.8 Å². The molecule has 11 nitrogen and oxygen atoms in total. The van der Waals surface area contributed by atoms with Crippen LogP contribution >= 0.6 is 11.6 Å². The maximum atomic E-state index is 12.9. The molecule has 1 fully saturated rings. The Morgan fingerprint density at radius 3 is 2.65 bits per heavy atom. The summed E-state index contributed by atoms with van der Waals surface area (Å²) in [4.78, 5) is 35.6. The number of ether oxygens (including phenoxy) is 1. The Labute approximate surface area is 236 Å². The fourth-order valence-electron chi connectivity index (χ4n) is 4.48. The van der Waals surface area contributed by atoms with E-state index in [0.29, 0.717) is 47.2 Å². The molecule has 1 saturated heterocycles. The van der Waals surface area contributed by atoms with Gasteiger partial charge >= 0.3 is 6.09 Å². The lowest BCUT2D eigenvalue weighted by Crippen LogP contribution is -2.47. The van der Waals surface area contributed by atoms with E-state index in [1.807, 2.05) is 63.2 Å². The van der Waals surface area contributed by atoms with E-state index in [2.05, 4.69) is 36.1 Å². The summed E-state index contributed by atoms with van der Waals surface area (Å²) in [6, 6.07) is 14.5. The summed E-state index contributed by atoms with van der Waals surface area (Å²) in [7, 11) is 0. The van der Waals surface area contributed by atoms with E-state index in [0.717, 1.165) is 23.4 Å². The van der Waals surface area contributed by atoms with E-state index in [1.54, 1.807) is 6.07 Å². The highest BCUT2D eigenvalue weighted by Crippen LogP contribution is 2.30. The number of carbonyl (C=O) groups excluding carboxylic acids is 2. The van der Waals surface area contributed by atoms with Crippen LogP contribution in [0.4, 0.5) is 27.8 Å². The number of H-pyrrole nitrogens is 1. The fraction of sp³-hybridized carbons (Fsp3) is 0.321. The summed E-state index contributed by atoms with van der Waals surface area (Å²) in [6.07, 6.45) is 2.37. The van der Waals surface area contributed by atoms with Crippen LogP contribution in [0.25, 0.3) is 11.0 Å². The van der Waals surface area contributed by atoms with Gasteiger partial charge in [-0.25, -0.2) is 14.8 Å². The van der Waals surface area contributed by atoms with Gasteiger partial charge in [0.15, 0.2) is 5.65 Å². The first-order valence-corrected chi connectivity index (χ1v) is 13.4. The zero-order valence-corrected chi connectivity index (χ0v) is 23.2. The molecule has 0 spiro atoms. The van der Waals surface area contributed by atoms with Crippen LogP contribution in [0.5, 0.6) is 0 Å². The minimum atomic E-state index is -0.611. The van der Waals surface area contributed by atoms with Crippen molar-refractivity contribution in [2.45, 2.75) is 51.8 Å². The number of likely N-dealkylation sites (tertiary alicyclic amines) is 1. The van der Waals surface area contributed by atoms with Gasteiger partial charge in [0.25, 0.3) is 0 Å². The van der Waals surface area contributed by atoms with E-state index < -0.39 is 17.7 Å². The summed E-state index contributed by atoms with van der Waals surface area (Å²) in [5.74, 6) is 1.02. The maximum Gasteiger partial charge on any atom is 0.410 e. The lowest BCUT2D eigenvalue weighted by atomic mass is 10.1. The van der Waals surface area contributed by atoms with E-state index in [9.17, 15) is 9.59 Å². The van der Waals surface area contributed by atoms with Gasteiger partial charge in [0.2, 0.25) is 5.91 Å². The number of aromatic nitrogens is 4. The lowest BCUT2D eigenvalue weighted by molar-refractivity contribution is -0.125. The minimum absolute atomic E-state index is 0.186. The first-order valence-electron chi connectivity index (χ1n) is 13.0. The standard InChI is InChI=1S/C28H31ClN8O3/c1-28(2,3)40-27(39)37-13-5-8-21(37)26(38)30-15-17-9-11-19(12-10-17)33-25-22-23(31-16-32-24(22)35-36-25)34-20-7-4-6-18(29)14-20/h4,6-7,9-12,14,16,21H,5,8,13,15H2,1-3H3,(H,30,38)(H3,31,32,33,34,35,36)/t21-/m0/s1. The first-order chi connectivity index (χ1) is 19.2. The number of nitrogens with one attached hydrogen (secondary N) is 4. The average molecular weight is 563 g/mol. The molecule has 40 heavy (non-hydrogen) atoms. The molecule has 1 aliphatic rings. The Bertz CT molecular complexity index is 1520. The summed E-state index contributed by atoms with van der Waals surface area (Å²) >= 11 is 6.12. The van der Waals surface area contributed by atoms with E-state index >= 15 is 0 Å². The molecule has 0 aliphatic carbocycles. The van der Waals surface area contributed by atoms with Crippen LogP contribution in [-0.2, 0) is 16.1 Å². The molecule has 0 bridgehead atoms. The molecule has 5 rings (SSSR count). The number of halogens is 1. The zero-order valence-electron chi connectivity index (χ0n) is 22.5. The number of hydrogen-bond acceptors (Lipinski definition) is 8. The Morgan fingerprint density at radius 2 is 1.90 bits per heavy atom. The summed E-state index contributed by atoms with van der Waals surface area (Å²) in [5.41, 5.74) is 2.42. The molecule has 0 unspecified atom stereocenters. The molecule has 208 valence electrons. The van der Waals surface area contributed by atoms with Gasteiger partial charge in [0, 0.05) is 29.5 Å². The molecule has 4 aromatic rings. The Hall–Kier alpha value is -4.38. The molecule has 2 aromatic carbocycles. The van der Waals surface area contributed by atoms with Crippen LogP contribution in [-0.4, -0.2) is 55.3 Å². The Kier molecular flexibility index (Phi) is 7.74. The molecule has 0 radical (unpaired) electrons. The first kappa shape index (κ1) is 27.2. The van der Waals surface area contributed by atoms with E-state index in [4.69, 9.17) is 16.3 Å². The van der Waals surface area contributed by atoms with Crippen LogP contribution in [0.2, 0.25) is 5.02 Å². The molecule has 3 heterocycles. The number of benzene rings is 2. The van der Waals surface area contributed by atoms with Crippen molar-refractivity contribution in [1.82, 2.24) is 30.4 Å². The largest absolute Gasteiger partial charge is 0.444 e. The van der Waals surface area contributed by atoms with Crippen LogP contribution in [0.15, 0.2) is 54.9 Å². The second kappa shape index (κ2) is 11.4. The normalized spacial score (nSPS) is 15.2. The van der Waals surface area contributed by atoms with E-state index in [-0.39, 0.29) is 5.91 Å². The monoisotopic (exact) mass is 562 g/mol. The van der Waals surface area contributed by atoms with Crippen LogP contribution in [0.3, 0.4) is 0 Å². The molecule has 1 atom stereocenters. The number of amides is 2. The summed E-state index contributed by atoms with van der Waals surface area (Å²) < 4.78 is 5.47. The third-order valence-electron chi connectivity index (χ3n) is 6.31. The van der Waals surface area contributed by atoms with Crippen molar-refractivity contribution in [2.75, 3.05) is 17.2 Å². The van der Waals surface area contributed by atoms with Gasteiger partial charge in [0.05, 0.1) is 0 Å². The van der Waals surface area contributed by atoms with Gasteiger partial charge in [-0.3, -0.25) is 14.8 Å². The third kappa shape index (κ3) is 6.42. The molecule has 1 aliphatic heterocycles. The van der Waals surface area contributed by atoms with Crippen molar-refractivity contribution in [3.63, 3.8) is 0 Å². The second-order valence-electron chi connectivity index (χ2n) is 10.5. The quantitative estimate of drug-likeness (QED) is 0.231. The predicted molar refractivity (Wildman–Crippen MR) is 154 cm³/mol. The van der Waals surface area contributed by atoms with Gasteiger partial charge < -0.3 is 20.7 Å². The van der Waals surface area contributed by atoms with Crippen molar-refractivity contribution in [3.05, 3.63) is 65.4 Å². The molecule has 2 amide bonds. The van der Waals surface area contributed by atoms with Gasteiger partial charge in [0.1, 0.15) is 35.0 Å². The predicted octanol–water partition coefficient (Wildman–Crippen LogP) is 5.51. The minimum Gasteiger partial charge on any atom is -0.444 e. The Balaban J connectivity index is 1.22. The lowest BCUT2D eigenvalue weighted by Gasteiger charge is -2.28. The van der Waals surface area contributed by atoms with E-state index in [1.165, 1.54) is 11.2 Å². The highest BCUT2D eigenvalue weighted by atomic mass is 35.5. The van der Waals surface area contributed by atoms with Crippen molar-refractivity contribution < 1.29 is 14.3 Å². The molecular formula is C28H31ClN8O3. The number of hydrogen-bond donors (Lipinski definition) is 4. The third-order valence-corrected chi connectivity index (χ3v) is 6.55. The van der Waals surface area contributed by atoms with Crippen molar-refractivity contribution in [2.24, 2.45) is 0 Å². The topological polar surface area (TPSA) is 137 Å². The van der Waals surface area contributed by atoms with Crippen molar-refractivity contribution >= 4 is 57.6 Å². The number of rotatable bonds is 7. The SMILES string of the molecule is CC(C)(C)OC(=O)N1CCC[C@H]1C(=O)NCc1ccc(Nc2[nH]nc3ncnc(Nc4cccc(Cl)c4)c23)cc1. The number of carbonyl (C=O) groups is 2. The summed E-state index contributed by atoms with van der Waals surface area (Å²) in [5, 5.41) is 18.1. The molecule has 2 aromatic heterocycles. The van der Waals surface area contributed by atoms with Crippen LogP contribution < -0.4 is 16.0 Å². The Morgan fingerprint density at radius 1 is 1.10 bits per heavy atom. The zero-order chi connectivity index (χ0) is 28.3. The maximum absolute atomic E-state index is 12.9. The average Bonchev–Trinajstić information content (AvgIpc) is 3.56. The van der Waals surface area contributed by atoms with Crippen molar-refractivity contribution in [1.29, 1.82) is 0 Å². The van der Waals surface area contributed by atoms with Crippen LogP contribution in [0, 0.1) is 0 Å². The number of fused-ring (bicyclic) bond motifs is 1. The smallest absolute Gasteiger partial charge is 0.410 e. The molecular weight excluding hydrogens is 532 g/mol. The molecule has 0 saturated carbocycles. The highest BCUT2D eigenvalue weighted by molar-refractivity contribution is 6.30. The van der Waals surface area contributed by atoms with Gasteiger partial charge in [-0.05, 0) is 69.5 Å². The molecule has 4 N–H and O–H groups in total. The number of nitrogens with zero attached hydrogens (tertiary/aromatic N) is 4. The van der Waals surface area contributed by atoms with Gasteiger partial charge in [-0.15, -0.1) is 0 Å². The summed E-state index contributed by atoms with van der Waals surface area (Å²) in [6.45, 7) is 6.29. The highest BCUT2D eigenvalue weighted by Gasteiger charge is 2.36. The molecule has 12 heteroatoms. The fourth-order valence-corrected chi connectivity index (χ4v) is 4.67. The number of anilines is 4. The second-order valence-corrected chi connectivity index (χ2v) is 11.0. The van der Waals surface area contributed by atoms with Crippen LogP contribution in [0.1, 0.15) is 39.2 Å².